The molecule has 0 saturated carbocycles. The summed E-state index contributed by atoms with van der Waals surface area (Å²) < 4.78 is 74.2. The molecule has 3 aromatic heterocycles. The third kappa shape index (κ3) is 7.00. The molecular formula is C36H39F2N5O5S2. The highest BCUT2D eigenvalue weighted by Crippen LogP contribution is 2.40. The maximum absolute atomic E-state index is 15.8. The molecule has 0 saturated heterocycles. The van der Waals surface area contributed by atoms with Gasteiger partial charge in [0.25, 0.3) is 0 Å². The van der Waals surface area contributed by atoms with Crippen molar-refractivity contribution in [2.24, 2.45) is 12.5 Å². The number of aryl methyl sites for hydroxylation is 3. The van der Waals surface area contributed by atoms with Crippen molar-refractivity contribution in [3.63, 3.8) is 0 Å². The van der Waals surface area contributed by atoms with E-state index >= 15 is 8.78 Å². The van der Waals surface area contributed by atoms with Gasteiger partial charge in [0.2, 0.25) is 0 Å². The molecule has 0 radical (unpaired) electrons. The number of hydrogen-bond donors (Lipinski definition) is 2. The second-order valence-electron chi connectivity index (χ2n) is 14.0. The number of aromatic nitrogens is 5. The molecule has 0 aliphatic carbocycles. The Kier molecular flexibility index (Phi) is 9.55. The lowest BCUT2D eigenvalue weighted by molar-refractivity contribution is -0.136. The summed E-state index contributed by atoms with van der Waals surface area (Å²) in [4.78, 5) is 23.1. The molecule has 264 valence electrons. The van der Waals surface area contributed by atoms with Crippen molar-refractivity contribution in [3.8, 4) is 11.5 Å². The summed E-state index contributed by atoms with van der Waals surface area (Å²) in [5.41, 5.74) is 0.692. The quantitative estimate of drug-likeness (QED) is 0.220. The maximum atomic E-state index is 15.8. The van der Waals surface area contributed by atoms with Crippen LogP contribution in [0.2, 0.25) is 0 Å². The van der Waals surface area contributed by atoms with Gasteiger partial charge in [-0.25, -0.2) is 31.1 Å². The second kappa shape index (κ2) is 13.4. The van der Waals surface area contributed by atoms with Crippen LogP contribution in [0.5, 0.6) is 0 Å². The number of aromatic amines is 1. The molecule has 0 fully saturated rings. The molecule has 10 nitrogen and oxygen atoms in total. The summed E-state index contributed by atoms with van der Waals surface area (Å²) >= 11 is 0. The second-order valence-corrected chi connectivity index (χ2v) is 17.6. The fourth-order valence-electron chi connectivity index (χ4n) is 6.94. The molecule has 4 bridgehead atoms. The Morgan fingerprint density at radius 3 is 2.64 bits per heavy atom. The van der Waals surface area contributed by atoms with Crippen LogP contribution in [0, 0.1) is 17.0 Å². The summed E-state index contributed by atoms with van der Waals surface area (Å²) in [7, 11) is -4.26. The topological polar surface area (TPSA) is 148 Å². The van der Waals surface area contributed by atoms with E-state index in [0.29, 0.717) is 43.0 Å². The number of carbonyl (C=O) groups is 1. The molecule has 0 amide bonds. The summed E-state index contributed by atoms with van der Waals surface area (Å²) in [5.74, 6) is -3.03. The zero-order valence-corrected chi connectivity index (χ0v) is 29.9. The number of fused-ring (bicyclic) bond motifs is 8. The first-order valence-electron chi connectivity index (χ1n) is 16.4. The number of hydrogen-bond acceptors (Lipinski definition) is 7. The zero-order chi connectivity index (χ0) is 36.0. The van der Waals surface area contributed by atoms with Gasteiger partial charge in [-0.05, 0) is 72.9 Å². The summed E-state index contributed by atoms with van der Waals surface area (Å²) in [5, 5.41) is 14.4. The molecule has 14 heteroatoms. The van der Waals surface area contributed by atoms with E-state index in [9.17, 15) is 22.5 Å². The molecule has 6 rings (SSSR count). The smallest absolute Gasteiger partial charge is 0.303 e. The monoisotopic (exact) mass is 723 g/mol. The lowest BCUT2D eigenvalue weighted by atomic mass is 9.75. The minimum absolute atomic E-state index is 0.0186. The number of carboxylic acid groups (broad SMARTS) is 1. The standard InChI is InChI=1S/C36H39F2N5O5S2/c1-35(2)14-6-15-36(3,23-8-5-7-22(19-23)9-10-28(44)45)34-41-33(43(4)42-34)27-20-24(11-16-39-27)49(46)32-26(13-18-50(47,48)21-35)25-12-17-40-31(25)29(37)30(32)38/h5,7-8,11-12,16-17,19-20,40H,6,9-10,13-15,18,21H2,1-4H3,(H,44,45)/t36-,49?/m1/s1. The predicted octanol–water partition coefficient (Wildman–Crippen LogP) is 6.29. The molecule has 0 spiro atoms. The van der Waals surface area contributed by atoms with Crippen molar-refractivity contribution in [1.29, 1.82) is 0 Å². The number of aliphatic carboxylic acids is 1. The number of sulfone groups is 1. The lowest BCUT2D eigenvalue weighted by Gasteiger charge is -2.30. The highest BCUT2D eigenvalue weighted by Gasteiger charge is 2.36. The molecule has 50 heavy (non-hydrogen) atoms. The number of nitrogens with one attached hydrogen (secondary N) is 1. The lowest BCUT2D eigenvalue weighted by Crippen LogP contribution is -2.29. The summed E-state index contributed by atoms with van der Waals surface area (Å²) in [6.07, 6.45) is 4.75. The third-order valence-electron chi connectivity index (χ3n) is 9.57. The Morgan fingerprint density at radius 2 is 1.88 bits per heavy atom. The maximum Gasteiger partial charge on any atom is 0.303 e. The first-order chi connectivity index (χ1) is 23.6. The Morgan fingerprint density at radius 1 is 1.10 bits per heavy atom. The Bertz CT molecular complexity index is 2250. The van der Waals surface area contributed by atoms with Gasteiger partial charge in [0.05, 0.1) is 38.1 Å². The van der Waals surface area contributed by atoms with Crippen molar-refractivity contribution in [2.45, 2.75) is 74.5 Å². The molecule has 1 unspecified atom stereocenters. The van der Waals surface area contributed by atoms with Gasteiger partial charge in [-0.2, -0.15) is 5.10 Å². The van der Waals surface area contributed by atoms with Gasteiger partial charge in [-0.1, -0.05) is 44.5 Å². The highest BCUT2D eigenvalue weighted by molar-refractivity contribution is 7.91. The van der Waals surface area contributed by atoms with Crippen LogP contribution in [0.4, 0.5) is 8.78 Å². The number of carboxylic acids is 1. The number of benzene rings is 2. The Hall–Kier alpha value is -4.30. The normalized spacial score (nSPS) is 20.9. The van der Waals surface area contributed by atoms with Gasteiger partial charge in [0.15, 0.2) is 33.1 Å². The number of H-pyrrole nitrogens is 1. The van der Waals surface area contributed by atoms with E-state index in [1.807, 2.05) is 45.0 Å². The molecule has 4 heterocycles. The molecule has 1 aliphatic rings. The highest BCUT2D eigenvalue weighted by atomic mass is 32.2. The molecule has 5 aromatic rings. The first kappa shape index (κ1) is 35.5. The molecule has 1 aliphatic heterocycles. The molecule has 2 atom stereocenters. The van der Waals surface area contributed by atoms with Gasteiger partial charge in [0, 0.05) is 36.1 Å². The van der Waals surface area contributed by atoms with Gasteiger partial charge in [-0.3, -0.25) is 9.78 Å². The van der Waals surface area contributed by atoms with Gasteiger partial charge >= 0.3 is 5.97 Å². The number of halogens is 2. The van der Waals surface area contributed by atoms with Crippen LogP contribution in [0.15, 0.2) is 64.6 Å². The van der Waals surface area contributed by atoms with Crippen molar-refractivity contribution in [2.75, 3.05) is 11.5 Å². The van der Waals surface area contributed by atoms with Gasteiger partial charge in [-0.15, -0.1) is 0 Å². The largest absolute Gasteiger partial charge is 0.481 e. The van der Waals surface area contributed by atoms with Gasteiger partial charge < -0.3 is 10.1 Å². The number of rotatable bonds is 4. The SMILES string of the molecule is Cn1nc2nc1-c1cc(ccn1)S(=O)c1c(F)c(F)c3[nH]ccc3c1CCS(=O)(=O)CC(C)(C)CCC[C@]2(C)c1cccc(CCC(=O)O)c1. The van der Waals surface area contributed by atoms with Crippen LogP contribution in [0.25, 0.3) is 22.4 Å². The number of nitrogens with zero attached hydrogens (tertiary/aromatic N) is 4. The van der Waals surface area contributed by atoms with Crippen LogP contribution in [-0.4, -0.2) is 59.9 Å². The van der Waals surface area contributed by atoms with Crippen molar-refractivity contribution >= 4 is 37.5 Å². The Labute approximate surface area is 291 Å². The third-order valence-corrected chi connectivity index (χ3v) is 13.1. The minimum atomic E-state index is -3.71. The van der Waals surface area contributed by atoms with E-state index in [0.717, 1.165) is 11.1 Å². The summed E-state index contributed by atoms with van der Waals surface area (Å²) in [6.45, 7) is 5.80. The average Bonchev–Trinajstić information content (AvgIpc) is 3.71. The molecular weight excluding hydrogens is 685 g/mol. The van der Waals surface area contributed by atoms with Crippen LogP contribution in [0.3, 0.4) is 0 Å². The van der Waals surface area contributed by atoms with Crippen LogP contribution in [0.1, 0.15) is 69.0 Å². The predicted molar refractivity (Wildman–Crippen MR) is 186 cm³/mol. The van der Waals surface area contributed by atoms with Crippen molar-refractivity contribution < 1.29 is 31.3 Å². The van der Waals surface area contributed by atoms with E-state index in [1.54, 1.807) is 11.7 Å². The van der Waals surface area contributed by atoms with E-state index in [1.165, 1.54) is 30.6 Å². The van der Waals surface area contributed by atoms with E-state index in [-0.39, 0.29) is 45.7 Å². The zero-order valence-electron chi connectivity index (χ0n) is 28.3. The van der Waals surface area contributed by atoms with Crippen molar-refractivity contribution in [3.05, 3.63) is 89.0 Å². The number of pyridine rings is 1. The van der Waals surface area contributed by atoms with Crippen LogP contribution < -0.4 is 0 Å². The van der Waals surface area contributed by atoms with E-state index in [4.69, 9.17) is 10.1 Å². The summed E-state index contributed by atoms with van der Waals surface area (Å²) in [6, 6.07) is 12.2. The Balaban J connectivity index is 1.52. The van der Waals surface area contributed by atoms with Crippen LogP contribution >= 0.6 is 0 Å². The fraction of sp³-hybridized carbons (Fsp3) is 0.389. The average molecular weight is 724 g/mol. The van der Waals surface area contributed by atoms with E-state index < -0.39 is 54.0 Å². The fourth-order valence-corrected chi connectivity index (χ4v) is 10.3. The molecule has 2 N–H and O–H groups in total. The molecule has 2 aromatic carbocycles. The van der Waals surface area contributed by atoms with Crippen LogP contribution in [-0.2, 0) is 50.7 Å². The van der Waals surface area contributed by atoms with Crippen molar-refractivity contribution in [1.82, 2.24) is 24.7 Å². The van der Waals surface area contributed by atoms with Gasteiger partial charge in [0.1, 0.15) is 5.69 Å². The first-order valence-corrected chi connectivity index (χ1v) is 19.3. The van der Waals surface area contributed by atoms with E-state index in [2.05, 4.69) is 9.97 Å². The minimum Gasteiger partial charge on any atom is -0.481 e.